The minimum Gasteiger partial charge on any atom is -0.383 e. The number of nitrogens with one attached hydrogen (secondary N) is 2. The van der Waals surface area contributed by atoms with Gasteiger partial charge in [0.2, 0.25) is 17.3 Å². The Morgan fingerprint density at radius 1 is 1.25 bits per heavy atom. The Bertz CT molecular complexity index is 1090. The van der Waals surface area contributed by atoms with E-state index in [9.17, 15) is 19.7 Å². The molecule has 0 atom stereocenters. The van der Waals surface area contributed by atoms with Gasteiger partial charge in [0.15, 0.2) is 5.52 Å². The number of benzene rings is 2. The van der Waals surface area contributed by atoms with Crippen LogP contribution in [0.15, 0.2) is 41.0 Å². The molecule has 0 saturated heterocycles. The van der Waals surface area contributed by atoms with Gasteiger partial charge in [0, 0.05) is 19.0 Å². The highest BCUT2D eigenvalue weighted by molar-refractivity contribution is 6.10. The summed E-state index contributed by atoms with van der Waals surface area (Å²) in [6.07, 6.45) is 0.103. The number of amides is 2. The minimum atomic E-state index is -0.571. The Hall–Kier alpha value is -4.02. The molecular formula is C17H14N6O5. The summed E-state index contributed by atoms with van der Waals surface area (Å²) < 4.78 is 4.61. The number of non-ortho nitro benzene ring substituents is 1. The molecule has 1 aliphatic rings. The van der Waals surface area contributed by atoms with E-state index in [1.54, 1.807) is 24.3 Å². The Kier molecular flexibility index (Phi) is 4.32. The van der Waals surface area contributed by atoms with Gasteiger partial charge in [-0.25, -0.2) is 4.63 Å². The monoisotopic (exact) mass is 382 g/mol. The molecular weight excluding hydrogens is 368 g/mol. The summed E-state index contributed by atoms with van der Waals surface area (Å²) in [5.41, 5.74) is 1.73. The number of rotatable bonds is 5. The van der Waals surface area contributed by atoms with Crippen LogP contribution >= 0.6 is 0 Å². The van der Waals surface area contributed by atoms with Crippen molar-refractivity contribution in [3.8, 4) is 0 Å². The summed E-state index contributed by atoms with van der Waals surface area (Å²) in [5.74, 6) is -0.489. The van der Waals surface area contributed by atoms with E-state index in [1.807, 2.05) is 0 Å². The zero-order valence-corrected chi connectivity index (χ0v) is 14.4. The van der Waals surface area contributed by atoms with Crippen LogP contribution in [0.5, 0.6) is 0 Å². The summed E-state index contributed by atoms with van der Waals surface area (Å²) in [5, 5.41) is 24.0. The highest BCUT2D eigenvalue weighted by Crippen LogP contribution is 2.30. The fourth-order valence-corrected chi connectivity index (χ4v) is 3.04. The van der Waals surface area contributed by atoms with Crippen molar-refractivity contribution in [2.24, 2.45) is 0 Å². The maximum Gasteiger partial charge on any atom is 0.300 e. The molecule has 2 amide bonds. The van der Waals surface area contributed by atoms with E-state index < -0.39 is 4.92 Å². The lowest BCUT2D eigenvalue weighted by Crippen LogP contribution is -2.42. The van der Waals surface area contributed by atoms with Crippen molar-refractivity contribution in [2.45, 2.75) is 6.42 Å². The van der Waals surface area contributed by atoms with Crippen molar-refractivity contribution in [3.63, 3.8) is 0 Å². The zero-order valence-electron chi connectivity index (χ0n) is 14.4. The average molecular weight is 382 g/mol. The molecule has 2 heterocycles. The van der Waals surface area contributed by atoms with Crippen LogP contribution in [-0.4, -0.2) is 40.1 Å². The van der Waals surface area contributed by atoms with Crippen LogP contribution in [0, 0.1) is 10.1 Å². The third-order valence-corrected chi connectivity index (χ3v) is 4.32. The number of nitro groups is 1. The van der Waals surface area contributed by atoms with Gasteiger partial charge in [-0.05, 0) is 28.5 Å². The minimum absolute atomic E-state index is 0.0305. The maximum atomic E-state index is 12.6. The summed E-state index contributed by atoms with van der Waals surface area (Å²) in [6, 6.07) is 9.85. The number of hydrogen-bond donors (Lipinski definition) is 2. The second-order valence-corrected chi connectivity index (χ2v) is 6.07. The second kappa shape index (κ2) is 6.95. The lowest BCUT2D eigenvalue weighted by atomic mass is 10.1. The smallest absolute Gasteiger partial charge is 0.300 e. The number of nitrogens with zero attached hydrogens (tertiary/aromatic N) is 4. The third kappa shape index (κ3) is 3.09. The Balaban J connectivity index is 1.46. The highest BCUT2D eigenvalue weighted by atomic mass is 16.6. The van der Waals surface area contributed by atoms with Crippen LogP contribution < -0.4 is 15.5 Å². The van der Waals surface area contributed by atoms with E-state index in [0.717, 1.165) is 0 Å². The summed E-state index contributed by atoms with van der Waals surface area (Å²) in [4.78, 5) is 36.3. The molecule has 1 aliphatic heterocycles. The molecule has 28 heavy (non-hydrogen) atoms. The van der Waals surface area contributed by atoms with E-state index in [0.29, 0.717) is 17.1 Å². The largest absolute Gasteiger partial charge is 0.383 e. The summed E-state index contributed by atoms with van der Waals surface area (Å²) >= 11 is 0. The van der Waals surface area contributed by atoms with E-state index in [1.165, 1.54) is 17.0 Å². The summed E-state index contributed by atoms with van der Waals surface area (Å²) in [7, 11) is 0. The van der Waals surface area contributed by atoms with Gasteiger partial charge in [-0.3, -0.25) is 19.7 Å². The molecule has 0 fully saturated rings. The van der Waals surface area contributed by atoms with Crippen molar-refractivity contribution in [2.75, 3.05) is 28.6 Å². The third-order valence-electron chi connectivity index (χ3n) is 4.32. The number of nitro benzene ring substituents is 1. The van der Waals surface area contributed by atoms with Gasteiger partial charge >= 0.3 is 5.69 Å². The predicted molar refractivity (Wildman–Crippen MR) is 99.0 cm³/mol. The normalized spacial score (nSPS) is 13.1. The van der Waals surface area contributed by atoms with E-state index in [-0.39, 0.29) is 48.0 Å². The molecule has 0 bridgehead atoms. The van der Waals surface area contributed by atoms with Gasteiger partial charge in [-0.1, -0.05) is 12.1 Å². The SMILES string of the molecule is O=C1CN(C(=O)CCNc2ccc([N+](=O)[O-])c3nonc23)c2ccccc2N1. The molecule has 1 aromatic heterocycles. The lowest BCUT2D eigenvalue weighted by molar-refractivity contribution is -0.383. The van der Waals surface area contributed by atoms with E-state index in [4.69, 9.17) is 0 Å². The highest BCUT2D eigenvalue weighted by Gasteiger charge is 2.26. The standard InChI is InChI=1S/C17H14N6O5/c24-14-9-22(12-4-2-1-3-10(12)19-14)15(25)7-8-18-11-5-6-13(23(26)27)17-16(11)20-28-21-17/h1-6,18H,7-9H2,(H,19,24). The van der Waals surface area contributed by atoms with Gasteiger partial charge in [-0.15, -0.1) is 0 Å². The fourth-order valence-electron chi connectivity index (χ4n) is 3.04. The number of anilines is 3. The Labute approximate surface area is 157 Å². The van der Waals surface area contributed by atoms with Gasteiger partial charge in [0.25, 0.3) is 0 Å². The molecule has 0 aliphatic carbocycles. The topological polar surface area (TPSA) is 144 Å². The molecule has 2 aromatic carbocycles. The number of carbonyl (C=O) groups is 2. The number of para-hydroxylation sites is 2. The van der Waals surface area contributed by atoms with Gasteiger partial charge in [0.05, 0.1) is 22.0 Å². The first-order valence-electron chi connectivity index (χ1n) is 8.37. The molecule has 11 heteroatoms. The van der Waals surface area contributed by atoms with Crippen molar-refractivity contribution in [3.05, 3.63) is 46.5 Å². The van der Waals surface area contributed by atoms with Crippen LogP contribution in [0.3, 0.4) is 0 Å². The Morgan fingerprint density at radius 3 is 2.86 bits per heavy atom. The average Bonchev–Trinajstić information content (AvgIpc) is 3.17. The number of aromatic nitrogens is 2. The first-order valence-corrected chi connectivity index (χ1v) is 8.37. The molecule has 0 unspecified atom stereocenters. The van der Waals surface area contributed by atoms with Crippen molar-refractivity contribution < 1.29 is 19.1 Å². The van der Waals surface area contributed by atoms with Crippen molar-refractivity contribution >= 4 is 45.6 Å². The number of fused-ring (bicyclic) bond motifs is 2. The van der Waals surface area contributed by atoms with E-state index >= 15 is 0 Å². The van der Waals surface area contributed by atoms with Crippen LogP contribution in [0.4, 0.5) is 22.7 Å². The van der Waals surface area contributed by atoms with Crippen LogP contribution in [-0.2, 0) is 9.59 Å². The molecule has 0 radical (unpaired) electrons. The maximum absolute atomic E-state index is 12.6. The zero-order chi connectivity index (χ0) is 19.7. The lowest BCUT2D eigenvalue weighted by Gasteiger charge is -2.29. The number of carbonyl (C=O) groups excluding carboxylic acids is 2. The molecule has 3 aromatic rings. The quantitative estimate of drug-likeness (QED) is 0.503. The molecule has 0 saturated carbocycles. The molecule has 11 nitrogen and oxygen atoms in total. The molecule has 2 N–H and O–H groups in total. The van der Waals surface area contributed by atoms with Crippen molar-refractivity contribution in [1.29, 1.82) is 0 Å². The van der Waals surface area contributed by atoms with Crippen molar-refractivity contribution in [1.82, 2.24) is 10.3 Å². The van der Waals surface area contributed by atoms with Gasteiger partial charge in [0.1, 0.15) is 6.54 Å². The van der Waals surface area contributed by atoms with Crippen LogP contribution in [0.2, 0.25) is 0 Å². The van der Waals surface area contributed by atoms with Crippen LogP contribution in [0.25, 0.3) is 11.0 Å². The van der Waals surface area contributed by atoms with Crippen LogP contribution in [0.1, 0.15) is 6.42 Å². The molecule has 4 rings (SSSR count). The predicted octanol–water partition coefficient (Wildman–Crippen LogP) is 1.92. The second-order valence-electron chi connectivity index (χ2n) is 6.07. The first kappa shape index (κ1) is 17.4. The molecule has 142 valence electrons. The van der Waals surface area contributed by atoms with E-state index in [2.05, 4.69) is 25.6 Å². The first-order chi connectivity index (χ1) is 13.5. The molecule has 0 spiro atoms. The van der Waals surface area contributed by atoms with Gasteiger partial charge < -0.3 is 15.5 Å². The summed E-state index contributed by atoms with van der Waals surface area (Å²) in [6.45, 7) is 0.184. The van der Waals surface area contributed by atoms with Gasteiger partial charge in [-0.2, -0.15) is 0 Å². The fraction of sp³-hybridized carbons (Fsp3) is 0.176. The number of hydrogen-bond acceptors (Lipinski definition) is 8. The Morgan fingerprint density at radius 2 is 2.04 bits per heavy atom.